The van der Waals surface area contributed by atoms with Gasteiger partial charge in [-0.05, 0) is 13.8 Å². The van der Waals surface area contributed by atoms with E-state index in [1.807, 2.05) is 0 Å². The van der Waals surface area contributed by atoms with E-state index in [1.165, 1.54) is 28.1 Å². The summed E-state index contributed by atoms with van der Waals surface area (Å²) in [5.41, 5.74) is -0.0417. The molecule has 0 aromatic rings. The molecule has 0 radical (unpaired) electrons. The molecular weight excluding hydrogens is 160 g/mol. The van der Waals surface area contributed by atoms with Crippen molar-refractivity contribution in [2.24, 2.45) is 0 Å². The lowest BCUT2D eigenvalue weighted by molar-refractivity contribution is -0.137. The lowest BCUT2D eigenvalue weighted by Gasteiger charge is -2.05. The molecule has 0 aliphatic heterocycles. The fourth-order valence-corrected chi connectivity index (χ4v) is 0.739. The molecule has 0 aliphatic rings. The van der Waals surface area contributed by atoms with Gasteiger partial charge in [-0.3, -0.25) is 4.79 Å². The minimum atomic E-state index is -0.665. The van der Waals surface area contributed by atoms with Crippen molar-refractivity contribution >= 4 is 11.8 Å². The van der Waals surface area contributed by atoms with E-state index in [4.69, 9.17) is 4.74 Å². The Bertz CT molecular complexity index is 227. The fourth-order valence-electron chi connectivity index (χ4n) is 0.739. The van der Waals surface area contributed by atoms with Crippen LogP contribution in [-0.4, -0.2) is 26.0 Å². The Morgan fingerprint density at radius 2 is 1.50 bits per heavy atom. The van der Waals surface area contributed by atoms with Crippen molar-refractivity contribution in [1.29, 1.82) is 0 Å². The van der Waals surface area contributed by atoms with Gasteiger partial charge in [0.15, 0.2) is 5.78 Å². The van der Waals surface area contributed by atoms with Crippen molar-refractivity contribution in [2.75, 3.05) is 14.2 Å². The van der Waals surface area contributed by atoms with Crippen LogP contribution in [-0.2, 0) is 19.1 Å². The van der Waals surface area contributed by atoms with Crippen LogP contribution < -0.4 is 0 Å². The predicted molar refractivity (Wildman–Crippen MR) is 42.4 cm³/mol. The standard InChI is InChI=1S/C8H12O4/c1-5(9)7(6(2)11-3)8(10)12-4/h1-4H3/b7-6-. The second-order valence-electron chi connectivity index (χ2n) is 2.18. The number of methoxy groups -OCH3 is 2. The summed E-state index contributed by atoms with van der Waals surface area (Å²) in [6.07, 6.45) is 0. The SMILES string of the molecule is COC(=O)/C(C(C)=O)=C(/C)OC. The maximum absolute atomic E-state index is 11.0. The summed E-state index contributed by atoms with van der Waals surface area (Å²) in [5.74, 6) is -0.752. The first-order valence-corrected chi connectivity index (χ1v) is 3.38. The lowest BCUT2D eigenvalue weighted by Crippen LogP contribution is -2.14. The number of hydrogen-bond donors (Lipinski definition) is 0. The smallest absolute Gasteiger partial charge is 0.344 e. The van der Waals surface area contributed by atoms with Crippen molar-refractivity contribution in [3.8, 4) is 0 Å². The average molecular weight is 172 g/mol. The summed E-state index contributed by atoms with van der Waals surface area (Å²) in [6.45, 7) is 2.82. The number of Topliss-reactive ketones (excluding diaryl/α,β-unsaturated/α-hetero) is 1. The zero-order valence-corrected chi connectivity index (χ0v) is 7.63. The minimum absolute atomic E-state index is 0.0417. The van der Waals surface area contributed by atoms with Gasteiger partial charge in [-0.25, -0.2) is 4.79 Å². The Labute approximate surface area is 71.2 Å². The lowest BCUT2D eigenvalue weighted by atomic mass is 10.1. The Kier molecular flexibility index (Phi) is 4.04. The number of rotatable bonds is 3. The highest BCUT2D eigenvalue weighted by Crippen LogP contribution is 2.07. The molecule has 0 aliphatic carbocycles. The maximum atomic E-state index is 11.0. The van der Waals surface area contributed by atoms with E-state index in [0.29, 0.717) is 0 Å². The van der Waals surface area contributed by atoms with Crippen LogP contribution in [0.5, 0.6) is 0 Å². The average Bonchev–Trinajstić information content (AvgIpc) is 2.03. The topological polar surface area (TPSA) is 52.6 Å². The summed E-state index contributed by atoms with van der Waals surface area (Å²) in [6, 6.07) is 0. The molecule has 4 heteroatoms. The molecule has 0 aromatic carbocycles. The molecule has 4 nitrogen and oxygen atoms in total. The first-order chi connectivity index (χ1) is 5.54. The number of carbonyl (C=O) groups excluding carboxylic acids is 2. The van der Waals surface area contributed by atoms with Crippen LogP contribution in [0.25, 0.3) is 0 Å². The number of carbonyl (C=O) groups is 2. The van der Waals surface area contributed by atoms with Gasteiger partial charge in [0.05, 0.1) is 14.2 Å². The first-order valence-electron chi connectivity index (χ1n) is 3.38. The summed E-state index contributed by atoms with van der Waals surface area (Å²) < 4.78 is 9.15. The van der Waals surface area contributed by atoms with Crippen LogP contribution >= 0.6 is 0 Å². The van der Waals surface area contributed by atoms with Gasteiger partial charge in [-0.1, -0.05) is 0 Å². The fraction of sp³-hybridized carbons (Fsp3) is 0.500. The monoisotopic (exact) mass is 172 g/mol. The molecule has 0 aromatic heterocycles. The molecule has 0 spiro atoms. The highest BCUT2D eigenvalue weighted by Gasteiger charge is 2.18. The first kappa shape index (κ1) is 10.7. The number of ether oxygens (including phenoxy) is 2. The van der Waals surface area contributed by atoms with E-state index >= 15 is 0 Å². The van der Waals surface area contributed by atoms with E-state index in [-0.39, 0.29) is 17.1 Å². The Morgan fingerprint density at radius 1 is 1.00 bits per heavy atom. The van der Waals surface area contributed by atoms with E-state index in [1.54, 1.807) is 0 Å². The quantitative estimate of drug-likeness (QED) is 0.206. The Morgan fingerprint density at radius 3 is 1.75 bits per heavy atom. The normalized spacial score (nSPS) is 11.7. The third-order valence-electron chi connectivity index (χ3n) is 1.40. The van der Waals surface area contributed by atoms with Gasteiger partial charge >= 0.3 is 5.97 Å². The van der Waals surface area contributed by atoms with E-state index < -0.39 is 5.97 Å². The van der Waals surface area contributed by atoms with Gasteiger partial charge in [0, 0.05) is 0 Å². The summed E-state index contributed by atoms with van der Waals surface area (Å²) >= 11 is 0. The van der Waals surface area contributed by atoms with Gasteiger partial charge < -0.3 is 9.47 Å². The van der Waals surface area contributed by atoms with Gasteiger partial charge in [0.2, 0.25) is 0 Å². The largest absolute Gasteiger partial charge is 0.500 e. The molecule has 0 saturated heterocycles. The molecule has 0 heterocycles. The van der Waals surface area contributed by atoms with Crippen LogP contribution in [0, 0.1) is 0 Å². The molecule has 0 N–H and O–H groups in total. The van der Waals surface area contributed by atoms with Crippen LogP contribution in [0.1, 0.15) is 13.8 Å². The number of ketones is 1. The van der Waals surface area contributed by atoms with E-state index in [0.717, 1.165) is 0 Å². The molecule has 0 amide bonds. The van der Waals surface area contributed by atoms with Crippen molar-refractivity contribution in [1.82, 2.24) is 0 Å². The molecule has 0 saturated carbocycles. The number of hydrogen-bond acceptors (Lipinski definition) is 4. The predicted octanol–water partition coefficient (Wildman–Crippen LogP) is 0.669. The van der Waals surface area contributed by atoms with Crippen LogP contribution in [0.2, 0.25) is 0 Å². The number of esters is 1. The van der Waals surface area contributed by atoms with Crippen LogP contribution in [0.4, 0.5) is 0 Å². The summed E-state index contributed by atoms with van der Waals surface area (Å²) in [7, 11) is 2.61. The molecule has 0 bridgehead atoms. The van der Waals surface area contributed by atoms with E-state index in [9.17, 15) is 9.59 Å². The second kappa shape index (κ2) is 4.54. The number of allylic oxidation sites excluding steroid dienone is 1. The molecule has 0 atom stereocenters. The van der Waals surface area contributed by atoms with Crippen LogP contribution in [0.3, 0.4) is 0 Å². The molecule has 0 rings (SSSR count). The van der Waals surface area contributed by atoms with Gasteiger partial charge in [0.25, 0.3) is 0 Å². The highest BCUT2D eigenvalue weighted by atomic mass is 16.5. The van der Waals surface area contributed by atoms with Gasteiger partial charge in [0.1, 0.15) is 11.3 Å². The summed E-state index contributed by atoms with van der Waals surface area (Å²) in [4.78, 5) is 21.9. The molecule has 0 fully saturated rings. The zero-order valence-electron chi connectivity index (χ0n) is 7.63. The summed E-state index contributed by atoms with van der Waals surface area (Å²) in [5, 5.41) is 0. The molecule has 12 heavy (non-hydrogen) atoms. The van der Waals surface area contributed by atoms with E-state index in [2.05, 4.69) is 4.74 Å². The van der Waals surface area contributed by atoms with Gasteiger partial charge in [-0.2, -0.15) is 0 Å². The van der Waals surface area contributed by atoms with Crippen molar-refractivity contribution in [3.05, 3.63) is 11.3 Å². The molecular formula is C8H12O4. The third-order valence-corrected chi connectivity index (χ3v) is 1.40. The molecule has 68 valence electrons. The van der Waals surface area contributed by atoms with Crippen LogP contribution in [0.15, 0.2) is 11.3 Å². The minimum Gasteiger partial charge on any atom is -0.500 e. The highest BCUT2D eigenvalue weighted by molar-refractivity contribution is 6.16. The molecule has 0 unspecified atom stereocenters. The third kappa shape index (κ3) is 2.38. The Balaban J connectivity index is 4.91. The van der Waals surface area contributed by atoms with Crippen molar-refractivity contribution in [2.45, 2.75) is 13.8 Å². The Hall–Kier alpha value is -1.32. The zero-order chi connectivity index (χ0) is 9.72. The maximum Gasteiger partial charge on any atom is 0.344 e. The van der Waals surface area contributed by atoms with Crippen molar-refractivity contribution in [3.63, 3.8) is 0 Å². The van der Waals surface area contributed by atoms with Crippen molar-refractivity contribution < 1.29 is 19.1 Å². The van der Waals surface area contributed by atoms with Gasteiger partial charge in [-0.15, -0.1) is 0 Å². The second-order valence-corrected chi connectivity index (χ2v) is 2.18.